The minimum atomic E-state index is -1.23. The van der Waals surface area contributed by atoms with Crippen LogP contribution in [0, 0.1) is 0 Å². The number of carboxylic acids is 4. The molecule has 0 fully saturated rings. The molecule has 0 aliphatic carbocycles. The Labute approximate surface area is 255 Å². The second kappa shape index (κ2) is 24.8. The topological polar surface area (TPSA) is 156 Å². The summed E-state index contributed by atoms with van der Waals surface area (Å²) in [6.07, 6.45) is 0. The number of hydrogen-bond acceptors (Lipinski definition) is 6. The number of hydrogen-bond donors (Lipinski definition) is 4. The number of nitrogens with zero attached hydrogens (tertiary/aromatic N) is 2. The van der Waals surface area contributed by atoms with E-state index in [1.165, 1.54) is 0 Å². The van der Waals surface area contributed by atoms with Gasteiger partial charge in [-0.15, -0.1) is 0 Å². The molecule has 0 aliphatic heterocycles. The first-order chi connectivity index (χ1) is 9.20. The summed E-state index contributed by atoms with van der Waals surface area (Å²) >= 11 is 0. The zero-order chi connectivity index (χ0) is 15.7. The van der Waals surface area contributed by atoms with Gasteiger partial charge in [0.05, 0.1) is 26.2 Å². The van der Waals surface area contributed by atoms with Gasteiger partial charge in [-0.3, -0.25) is 29.0 Å². The van der Waals surface area contributed by atoms with Crippen molar-refractivity contribution in [2.45, 2.75) is 0 Å². The predicted octanol–water partition coefficient (Wildman–Crippen LogP) is -5.31. The molecule has 0 saturated carbocycles. The Bertz CT molecular complexity index is 334. The number of rotatable bonds is 11. The Balaban J connectivity index is -0.000000180. The molecule has 124 valence electrons. The van der Waals surface area contributed by atoms with Gasteiger partial charge in [-0.05, 0) is 0 Å². The predicted molar refractivity (Wildman–Crippen MR) is 99.2 cm³/mol. The van der Waals surface area contributed by atoms with Crippen LogP contribution in [0.5, 0.6) is 0 Å². The number of carbonyl (C=O) groups is 4. The van der Waals surface area contributed by atoms with Crippen molar-refractivity contribution in [1.29, 1.82) is 0 Å². The molecule has 10 nitrogen and oxygen atoms in total. The van der Waals surface area contributed by atoms with Crippen molar-refractivity contribution < 1.29 is 39.6 Å². The van der Waals surface area contributed by atoms with Crippen molar-refractivity contribution in [2.75, 3.05) is 39.3 Å². The van der Waals surface area contributed by atoms with Crippen LogP contribution in [0.1, 0.15) is 0 Å². The zero-order valence-corrected chi connectivity index (χ0v) is 10.6. The standard InChI is InChI=1S/C10H16N2O8.5Na.5H/c13-7(14)3-11(4-8(15)16)1-2-12(5-9(17)18)6-10(19)20;;;;;;;;;;/h1-6H2,(H,13,14)(H,15,16)(H,17,18)(H,19,20);;;;;;;;;;. The maximum atomic E-state index is 10.6. The van der Waals surface area contributed by atoms with E-state index in [1.54, 1.807) is 0 Å². The van der Waals surface area contributed by atoms with Crippen LogP contribution < -0.4 is 0 Å². The van der Waals surface area contributed by atoms with Crippen LogP contribution in [0.15, 0.2) is 0 Å². The summed E-state index contributed by atoms with van der Waals surface area (Å²) in [5.41, 5.74) is 0. The van der Waals surface area contributed by atoms with Crippen LogP contribution in [0.4, 0.5) is 0 Å². The molecule has 0 spiro atoms. The first-order valence-electron chi connectivity index (χ1n) is 5.52. The second-order valence-corrected chi connectivity index (χ2v) is 4.00. The number of aliphatic carboxylic acids is 4. The summed E-state index contributed by atoms with van der Waals surface area (Å²) in [6.45, 7) is -2.25. The number of carboxylic acid groups (broad SMARTS) is 4. The average molecular weight is 412 g/mol. The SMILES string of the molecule is O=C(O)CN(CCN(CC(=O)O)CC(=O)O)CC(=O)O.[NaH].[NaH].[NaH].[NaH].[NaH]. The van der Waals surface area contributed by atoms with Crippen molar-refractivity contribution in [3.05, 3.63) is 0 Å². The normalized spacial score (nSPS) is 8.56. The van der Waals surface area contributed by atoms with Crippen LogP contribution in [-0.2, 0) is 19.2 Å². The molecule has 0 amide bonds. The summed E-state index contributed by atoms with van der Waals surface area (Å²) < 4.78 is 0. The quantitative estimate of drug-likeness (QED) is 0.242. The molecule has 0 saturated heterocycles. The second-order valence-electron chi connectivity index (χ2n) is 4.00. The van der Waals surface area contributed by atoms with Crippen molar-refractivity contribution in [1.82, 2.24) is 9.80 Å². The molecule has 0 bridgehead atoms. The van der Waals surface area contributed by atoms with E-state index in [-0.39, 0.29) is 161 Å². The van der Waals surface area contributed by atoms with Gasteiger partial charge < -0.3 is 20.4 Å². The molecule has 0 heterocycles. The minimum absolute atomic E-state index is 0. The van der Waals surface area contributed by atoms with E-state index >= 15 is 0 Å². The van der Waals surface area contributed by atoms with Crippen LogP contribution in [0.25, 0.3) is 0 Å². The van der Waals surface area contributed by atoms with E-state index in [9.17, 15) is 19.2 Å². The third kappa shape index (κ3) is 29.1. The molecule has 0 radical (unpaired) electrons. The van der Waals surface area contributed by atoms with E-state index in [0.29, 0.717) is 0 Å². The van der Waals surface area contributed by atoms with Gasteiger partial charge in [0.25, 0.3) is 0 Å². The van der Waals surface area contributed by atoms with Crippen molar-refractivity contribution in [2.24, 2.45) is 0 Å². The molecule has 0 aromatic heterocycles. The first-order valence-corrected chi connectivity index (χ1v) is 5.52. The third-order valence-corrected chi connectivity index (χ3v) is 2.17. The maximum absolute atomic E-state index is 10.6. The Morgan fingerprint density at radius 2 is 0.640 bits per heavy atom. The van der Waals surface area contributed by atoms with Gasteiger partial charge in [-0.2, -0.15) is 0 Å². The monoisotopic (exact) mass is 412 g/mol. The van der Waals surface area contributed by atoms with Gasteiger partial charge in [0.1, 0.15) is 0 Å². The summed E-state index contributed by atoms with van der Waals surface area (Å²) in [5, 5.41) is 34.5. The van der Waals surface area contributed by atoms with E-state index in [0.717, 1.165) is 9.80 Å². The van der Waals surface area contributed by atoms with Crippen molar-refractivity contribution in [3.63, 3.8) is 0 Å². The molecular weight excluding hydrogens is 391 g/mol. The van der Waals surface area contributed by atoms with E-state index in [2.05, 4.69) is 0 Å². The van der Waals surface area contributed by atoms with Crippen LogP contribution in [-0.4, -0.2) is 241 Å². The molecule has 25 heavy (non-hydrogen) atoms. The van der Waals surface area contributed by atoms with E-state index in [1.807, 2.05) is 0 Å². The van der Waals surface area contributed by atoms with Gasteiger partial charge in [0, 0.05) is 13.1 Å². The third-order valence-electron chi connectivity index (χ3n) is 2.17. The summed E-state index contributed by atoms with van der Waals surface area (Å²) in [6, 6.07) is 0. The first kappa shape index (κ1) is 42.0. The van der Waals surface area contributed by atoms with Gasteiger partial charge in [-0.1, -0.05) is 0 Å². The summed E-state index contributed by atoms with van der Waals surface area (Å²) in [5.74, 6) is -4.91. The van der Waals surface area contributed by atoms with Crippen LogP contribution >= 0.6 is 0 Å². The summed E-state index contributed by atoms with van der Waals surface area (Å²) in [4.78, 5) is 44.4. The molecule has 0 aromatic carbocycles. The Kier molecular flexibility index (Phi) is 41.7. The summed E-state index contributed by atoms with van der Waals surface area (Å²) in [7, 11) is 0. The van der Waals surface area contributed by atoms with Crippen LogP contribution in [0.2, 0.25) is 0 Å². The van der Waals surface area contributed by atoms with E-state index < -0.39 is 50.1 Å². The van der Waals surface area contributed by atoms with Crippen molar-refractivity contribution >= 4 is 172 Å². The molecule has 4 N–H and O–H groups in total. The van der Waals surface area contributed by atoms with Gasteiger partial charge in [0.15, 0.2) is 0 Å². The Morgan fingerprint density at radius 3 is 0.760 bits per heavy atom. The Hall–Kier alpha value is 2.80. The molecule has 15 heteroatoms. The average Bonchev–Trinajstić information content (AvgIpc) is 2.22. The van der Waals surface area contributed by atoms with Crippen molar-refractivity contribution in [3.8, 4) is 0 Å². The van der Waals surface area contributed by atoms with Gasteiger partial charge in [-0.25, -0.2) is 0 Å². The van der Waals surface area contributed by atoms with Gasteiger partial charge in [0.2, 0.25) is 0 Å². The fourth-order valence-electron chi connectivity index (χ4n) is 1.48. The fraction of sp³-hybridized carbons (Fsp3) is 0.600. The molecule has 0 aliphatic rings. The zero-order valence-electron chi connectivity index (χ0n) is 10.6. The molecule has 0 aromatic rings. The fourth-order valence-corrected chi connectivity index (χ4v) is 1.48. The van der Waals surface area contributed by atoms with Gasteiger partial charge >= 0.3 is 172 Å². The van der Waals surface area contributed by atoms with E-state index in [4.69, 9.17) is 20.4 Å². The molecule has 0 atom stereocenters. The van der Waals surface area contributed by atoms with Crippen LogP contribution in [0.3, 0.4) is 0 Å². The molecule has 0 unspecified atom stereocenters. The molecule has 0 rings (SSSR count). The molecular formula is C10H21N2Na5O8. The Morgan fingerprint density at radius 1 is 0.480 bits per heavy atom.